The third-order valence-electron chi connectivity index (χ3n) is 3.73. The Hall–Kier alpha value is -2.90. The molecule has 0 unspecified atom stereocenters. The van der Waals surface area contributed by atoms with E-state index in [9.17, 15) is 9.59 Å². The maximum Gasteiger partial charge on any atom is 0.259 e. The molecule has 0 atom stereocenters. The Bertz CT molecular complexity index is 1020. The topological polar surface area (TPSA) is 79.8 Å². The second-order valence-electron chi connectivity index (χ2n) is 5.51. The summed E-state index contributed by atoms with van der Waals surface area (Å²) in [6.07, 6.45) is 1.59. The summed E-state index contributed by atoms with van der Waals surface area (Å²) in [6.45, 7) is -0.203. The highest BCUT2D eigenvalue weighted by atomic mass is 35.5. The number of thiophene rings is 1. The van der Waals surface area contributed by atoms with Crippen molar-refractivity contribution >= 4 is 51.1 Å². The lowest BCUT2D eigenvalue weighted by Gasteiger charge is -2.07. The molecular weight excluding hydrogens is 386 g/mol. The maximum atomic E-state index is 12.1. The van der Waals surface area contributed by atoms with Crippen LogP contribution in [0, 0.1) is 0 Å². The number of rotatable bonds is 6. The number of halogens is 1. The van der Waals surface area contributed by atoms with Gasteiger partial charge in [-0.25, -0.2) is 5.43 Å². The van der Waals surface area contributed by atoms with Gasteiger partial charge in [-0.1, -0.05) is 29.8 Å². The summed E-state index contributed by atoms with van der Waals surface area (Å²) >= 11 is 7.54. The molecule has 0 saturated heterocycles. The van der Waals surface area contributed by atoms with Crippen molar-refractivity contribution in [1.82, 2.24) is 10.7 Å². The van der Waals surface area contributed by atoms with Crippen LogP contribution in [0.4, 0.5) is 0 Å². The van der Waals surface area contributed by atoms with Gasteiger partial charge in [0.15, 0.2) is 0 Å². The molecule has 0 fully saturated rings. The van der Waals surface area contributed by atoms with Crippen LogP contribution in [-0.4, -0.2) is 31.7 Å². The van der Waals surface area contributed by atoms with Gasteiger partial charge >= 0.3 is 0 Å². The lowest BCUT2D eigenvalue weighted by Crippen LogP contribution is -2.34. The fraction of sp³-hybridized carbons (Fsp3) is 0.105. The number of nitrogens with zero attached hydrogens (tertiary/aromatic N) is 1. The number of amides is 2. The Kier molecular flexibility index (Phi) is 6.05. The molecule has 1 aromatic heterocycles. The highest BCUT2D eigenvalue weighted by Crippen LogP contribution is 2.25. The van der Waals surface area contributed by atoms with E-state index >= 15 is 0 Å². The molecule has 3 rings (SSSR count). The summed E-state index contributed by atoms with van der Waals surface area (Å²) in [5.41, 5.74) is 3.67. The van der Waals surface area contributed by atoms with Gasteiger partial charge in [0.05, 0.1) is 24.9 Å². The van der Waals surface area contributed by atoms with Crippen LogP contribution in [-0.2, 0) is 4.79 Å². The molecular formula is C19H16ClN3O3S. The van der Waals surface area contributed by atoms with Crippen LogP contribution in [0.2, 0.25) is 5.02 Å². The number of hydrogen-bond acceptors (Lipinski definition) is 5. The number of hydrazone groups is 1. The maximum absolute atomic E-state index is 12.1. The van der Waals surface area contributed by atoms with Crippen LogP contribution in [0.3, 0.4) is 0 Å². The van der Waals surface area contributed by atoms with Gasteiger partial charge in [-0.05, 0) is 24.3 Å². The summed E-state index contributed by atoms with van der Waals surface area (Å²) in [5, 5.41) is 9.92. The Morgan fingerprint density at radius 2 is 2.07 bits per heavy atom. The third-order valence-corrected chi connectivity index (χ3v) is 5.02. The first-order valence-corrected chi connectivity index (χ1v) is 9.24. The third kappa shape index (κ3) is 4.64. The number of hydrogen-bond donors (Lipinski definition) is 2. The standard InChI is InChI=1S/C19H16ClN3O3S/c1-26-16-8-12(6-7-15(16)20)19(25)21-10-18(24)23-22-9-13-11-27-17-5-3-2-4-14(13)17/h2-9,11H,10H2,1H3,(H,21,25)(H,23,24)/b22-9+. The number of carbonyl (C=O) groups is 2. The Morgan fingerprint density at radius 1 is 1.26 bits per heavy atom. The molecule has 2 amide bonds. The van der Waals surface area contributed by atoms with Crippen LogP contribution in [0.1, 0.15) is 15.9 Å². The predicted octanol–water partition coefficient (Wildman–Crippen LogP) is 3.44. The van der Waals surface area contributed by atoms with E-state index in [-0.39, 0.29) is 6.54 Å². The number of ether oxygens (including phenoxy) is 1. The fourth-order valence-electron chi connectivity index (χ4n) is 2.38. The molecule has 0 aliphatic carbocycles. The van der Waals surface area contributed by atoms with E-state index in [1.165, 1.54) is 13.2 Å². The van der Waals surface area contributed by atoms with Crippen molar-refractivity contribution in [3.8, 4) is 5.75 Å². The van der Waals surface area contributed by atoms with E-state index in [2.05, 4.69) is 15.8 Å². The van der Waals surface area contributed by atoms with Crippen molar-refractivity contribution in [3.63, 3.8) is 0 Å². The van der Waals surface area contributed by atoms with Gasteiger partial charge in [-0.15, -0.1) is 11.3 Å². The van der Waals surface area contributed by atoms with E-state index in [4.69, 9.17) is 16.3 Å². The Labute approximate surface area is 164 Å². The molecule has 1 heterocycles. The molecule has 3 aromatic rings. The fourth-order valence-corrected chi connectivity index (χ4v) is 3.48. The smallest absolute Gasteiger partial charge is 0.259 e. The normalized spacial score (nSPS) is 10.9. The minimum absolute atomic E-state index is 0.203. The summed E-state index contributed by atoms with van der Waals surface area (Å²) in [5.74, 6) is -0.450. The van der Waals surface area contributed by atoms with Crippen LogP contribution < -0.4 is 15.5 Å². The van der Waals surface area contributed by atoms with Crippen molar-refractivity contribution in [2.24, 2.45) is 5.10 Å². The number of nitrogens with one attached hydrogen (secondary N) is 2. The lowest BCUT2D eigenvalue weighted by atomic mass is 10.2. The summed E-state index contributed by atoms with van der Waals surface area (Å²) < 4.78 is 6.22. The average molecular weight is 402 g/mol. The second-order valence-corrected chi connectivity index (χ2v) is 6.83. The van der Waals surface area contributed by atoms with Crippen LogP contribution in [0.5, 0.6) is 5.75 Å². The predicted molar refractivity (Wildman–Crippen MR) is 108 cm³/mol. The van der Waals surface area contributed by atoms with Gasteiger partial charge in [0.25, 0.3) is 11.8 Å². The molecule has 0 bridgehead atoms. The van der Waals surface area contributed by atoms with Crippen molar-refractivity contribution < 1.29 is 14.3 Å². The molecule has 2 aromatic carbocycles. The van der Waals surface area contributed by atoms with Crippen molar-refractivity contribution in [2.75, 3.05) is 13.7 Å². The number of carbonyl (C=O) groups excluding carboxylic acids is 2. The first-order chi connectivity index (χ1) is 13.1. The van der Waals surface area contributed by atoms with Crippen LogP contribution >= 0.6 is 22.9 Å². The summed E-state index contributed by atoms with van der Waals surface area (Å²) in [4.78, 5) is 24.0. The zero-order valence-corrected chi connectivity index (χ0v) is 15.9. The minimum Gasteiger partial charge on any atom is -0.495 e. The molecule has 138 valence electrons. The molecule has 0 aliphatic rings. The quantitative estimate of drug-likeness (QED) is 0.490. The average Bonchev–Trinajstić information content (AvgIpc) is 3.10. The minimum atomic E-state index is -0.430. The van der Waals surface area contributed by atoms with Gasteiger partial charge in [0, 0.05) is 26.6 Å². The molecule has 0 aliphatic heterocycles. The highest BCUT2D eigenvalue weighted by Gasteiger charge is 2.10. The molecule has 27 heavy (non-hydrogen) atoms. The van der Waals surface area contributed by atoms with Crippen LogP contribution in [0.25, 0.3) is 10.1 Å². The summed E-state index contributed by atoms with van der Waals surface area (Å²) in [6, 6.07) is 12.6. The summed E-state index contributed by atoms with van der Waals surface area (Å²) in [7, 11) is 1.46. The van der Waals surface area contributed by atoms with Crippen molar-refractivity contribution in [1.29, 1.82) is 0 Å². The molecule has 6 nitrogen and oxygen atoms in total. The Morgan fingerprint density at radius 3 is 2.89 bits per heavy atom. The van der Waals surface area contributed by atoms with Gasteiger partial charge in [-0.2, -0.15) is 5.10 Å². The number of benzene rings is 2. The first kappa shape index (κ1) is 18.9. The SMILES string of the molecule is COc1cc(C(=O)NCC(=O)N/N=C/c2csc3ccccc23)ccc1Cl. The van der Waals surface area contributed by atoms with E-state index in [1.54, 1.807) is 29.7 Å². The van der Waals surface area contributed by atoms with Gasteiger partial charge < -0.3 is 10.1 Å². The van der Waals surface area contributed by atoms with E-state index in [1.807, 2.05) is 29.6 Å². The van der Waals surface area contributed by atoms with Crippen molar-refractivity contribution in [3.05, 3.63) is 64.0 Å². The number of fused-ring (bicyclic) bond motifs is 1. The van der Waals surface area contributed by atoms with Gasteiger partial charge in [0.2, 0.25) is 0 Å². The zero-order valence-electron chi connectivity index (χ0n) is 14.4. The van der Waals surface area contributed by atoms with Gasteiger partial charge in [0.1, 0.15) is 5.75 Å². The largest absolute Gasteiger partial charge is 0.495 e. The monoisotopic (exact) mass is 401 g/mol. The van der Waals surface area contributed by atoms with Gasteiger partial charge in [-0.3, -0.25) is 9.59 Å². The lowest BCUT2D eigenvalue weighted by molar-refractivity contribution is -0.120. The van der Waals surface area contributed by atoms with Crippen molar-refractivity contribution in [2.45, 2.75) is 0 Å². The van der Waals surface area contributed by atoms with Crippen LogP contribution in [0.15, 0.2) is 52.9 Å². The number of methoxy groups -OCH3 is 1. The van der Waals surface area contributed by atoms with E-state index < -0.39 is 11.8 Å². The molecule has 8 heteroatoms. The zero-order chi connectivity index (χ0) is 19.2. The molecule has 0 saturated carbocycles. The molecule has 0 radical (unpaired) electrons. The first-order valence-electron chi connectivity index (χ1n) is 7.98. The molecule has 2 N–H and O–H groups in total. The molecule has 0 spiro atoms. The Balaban J connectivity index is 1.53. The van der Waals surface area contributed by atoms with E-state index in [0.29, 0.717) is 16.3 Å². The highest BCUT2D eigenvalue weighted by molar-refractivity contribution is 7.17. The second kappa shape index (κ2) is 8.66. The van der Waals surface area contributed by atoms with E-state index in [0.717, 1.165) is 15.6 Å².